The maximum atomic E-state index is 6.10. The van der Waals surface area contributed by atoms with E-state index in [1.807, 2.05) is 12.1 Å². The Bertz CT molecular complexity index is 414. The van der Waals surface area contributed by atoms with Gasteiger partial charge in [0.25, 0.3) is 0 Å². The van der Waals surface area contributed by atoms with E-state index >= 15 is 0 Å². The molecule has 18 heavy (non-hydrogen) atoms. The summed E-state index contributed by atoms with van der Waals surface area (Å²) in [5, 5.41) is 0. The van der Waals surface area contributed by atoms with E-state index in [4.69, 9.17) is 11.5 Å². The molecular formula is C14H22BrN3. The van der Waals surface area contributed by atoms with Gasteiger partial charge in [-0.15, -0.1) is 0 Å². The third-order valence-corrected chi connectivity index (χ3v) is 4.51. The summed E-state index contributed by atoms with van der Waals surface area (Å²) < 4.78 is 0.898. The van der Waals surface area contributed by atoms with E-state index in [1.54, 1.807) is 0 Å². The molecule has 2 rings (SSSR count). The lowest BCUT2D eigenvalue weighted by molar-refractivity contribution is 0.185. The Morgan fingerprint density at radius 3 is 2.56 bits per heavy atom. The molecule has 1 aliphatic rings. The zero-order valence-electron chi connectivity index (χ0n) is 11.0. The van der Waals surface area contributed by atoms with Crippen molar-refractivity contribution in [3.05, 3.63) is 22.2 Å². The lowest BCUT2D eigenvalue weighted by Crippen LogP contribution is -2.33. The smallest absolute Gasteiger partial charge is 0.0505 e. The quantitative estimate of drug-likeness (QED) is 0.841. The molecule has 0 aliphatic heterocycles. The Hall–Kier alpha value is -0.740. The number of nitrogens with zero attached hydrogens (tertiary/aromatic N) is 1. The van der Waals surface area contributed by atoms with Gasteiger partial charge in [0.05, 0.1) is 5.69 Å². The van der Waals surface area contributed by atoms with Gasteiger partial charge in [0, 0.05) is 22.7 Å². The predicted molar refractivity (Wildman–Crippen MR) is 81.3 cm³/mol. The standard InChI is InChI=1S/C14H22BrN3/c1-18(12-5-3-2-4-6-12)9-10-7-11(16)8-13(15)14(10)17/h7-8,12H,2-6,9,16-17H2,1H3. The molecule has 0 unspecified atom stereocenters. The van der Waals surface area contributed by atoms with E-state index in [1.165, 1.54) is 32.1 Å². The molecule has 1 aliphatic carbocycles. The zero-order valence-corrected chi connectivity index (χ0v) is 12.5. The highest BCUT2D eigenvalue weighted by Gasteiger charge is 2.19. The topological polar surface area (TPSA) is 55.3 Å². The Morgan fingerprint density at radius 2 is 1.89 bits per heavy atom. The number of anilines is 2. The molecule has 0 amide bonds. The minimum Gasteiger partial charge on any atom is -0.399 e. The second-order valence-corrected chi connectivity index (χ2v) is 6.14. The summed E-state index contributed by atoms with van der Waals surface area (Å²) in [6.07, 6.45) is 6.70. The molecule has 0 saturated heterocycles. The van der Waals surface area contributed by atoms with Gasteiger partial charge >= 0.3 is 0 Å². The van der Waals surface area contributed by atoms with Crippen molar-refractivity contribution in [3.63, 3.8) is 0 Å². The van der Waals surface area contributed by atoms with Gasteiger partial charge in [0.15, 0.2) is 0 Å². The highest BCUT2D eigenvalue weighted by molar-refractivity contribution is 9.10. The van der Waals surface area contributed by atoms with E-state index < -0.39 is 0 Å². The van der Waals surface area contributed by atoms with E-state index in [9.17, 15) is 0 Å². The van der Waals surface area contributed by atoms with Crippen molar-refractivity contribution in [3.8, 4) is 0 Å². The first-order valence-electron chi connectivity index (χ1n) is 6.61. The molecule has 1 aromatic carbocycles. The molecule has 0 spiro atoms. The number of benzene rings is 1. The summed E-state index contributed by atoms with van der Waals surface area (Å²) in [6.45, 7) is 0.875. The number of hydrogen-bond acceptors (Lipinski definition) is 3. The van der Waals surface area contributed by atoms with E-state index in [-0.39, 0.29) is 0 Å². The van der Waals surface area contributed by atoms with E-state index in [0.29, 0.717) is 6.04 Å². The third-order valence-electron chi connectivity index (χ3n) is 3.86. The second-order valence-electron chi connectivity index (χ2n) is 5.28. The van der Waals surface area contributed by atoms with Crippen LogP contribution in [-0.4, -0.2) is 18.0 Å². The van der Waals surface area contributed by atoms with Crippen molar-refractivity contribution in [2.24, 2.45) is 0 Å². The zero-order chi connectivity index (χ0) is 13.1. The van der Waals surface area contributed by atoms with Gasteiger partial charge in [-0.1, -0.05) is 19.3 Å². The molecule has 0 atom stereocenters. The maximum absolute atomic E-state index is 6.10. The Kier molecular flexibility index (Phi) is 4.51. The van der Waals surface area contributed by atoms with Crippen molar-refractivity contribution < 1.29 is 0 Å². The van der Waals surface area contributed by atoms with Gasteiger partial charge in [-0.2, -0.15) is 0 Å². The lowest BCUT2D eigenvalue weighted by atomic mass is 9.94. The molecule has 0 heterocycles. The van der Waals surface area contributed by atoms with Crippen molar-refractivity contribution >= 4 is 27.3 Å². The lowest BCUT2D eigenvalue weighted by Gasteiger charge is -2.31. The Morgan fingerprint density at radius 1 is 1.22 bits per heavy atom. The molecule has 0 radical (unpaired) electrons. The van der Waals surface area contributed by atoms with Crippen LogP contribution in [0.3, 0.4) is 0 Å². The molecule has 0 bridgehead atoms. The minimum atomic E-state index is 0.693. The average Bonchev–Trinajstić information content (AvgIpc) is 2.36. The van der Waals surface area contributed by atoms with Gasteiger partial charge in [0.2, 0.25) is 0 Å². The van der Waals surface area contributed by atoms with Gasteiger partial charge in [0.1, 0.15) is 0 Å². The third kappa shape index (κ3) is 3.18. The van der Waals surface area contributed by atoms with Crippen molar-refractivity contribution in [1.29, 1.82) is 0 Å². The first-order valence-corrected chi connectivity index (χ1v) is 7.41. The van der Waals surface area contributed by atoms with Gasteiger partial charge < -0.3 is 11.5 Å². The van der Waals surface area contributed by atoms with Crippen LogP contribution in [0.5, 0.6) is 0 Å². The van der Waals surface area contributed by atoms with Crippen LogP contribution < -0.4 is 11.5 Å². The monoisotopic (exact) mass is 311 g/mol. The highest BCUT2D eigenvalue weighted by Crippen LogP contribution is 2.29. The fourth-order valence-electron chi connectivity index (χ4n) is 2.75. The summed E-state index contributed by atoms with van der Waals surface area (Å²) in [7, 11) is 2.19. The maximum Gasteiger partial charge on any atom is 0.0505 e. The van der Waals surface area contributed by atoms with Crippen LogP contribution in [0.1, 0.15) is 37.7 Å². The number of nitrogens with two attached hydrogens (primary N) is 2. The summed E-state index contributed by atoms with van der Waals surface area (Å²) in [5.41, 5.74) is 14.7. The fourth-order valence-corrected chi connectivity index (χ4v) is 3.27. The van der Waals surface area contributed by atoms with Crippen LogP contribution in [0.15, 0.2) is 16.6 Å². The molecule has 1 fully saturated rings. The molecule has 1 aromatic rings. The number of rotatable bonds is 3. The van der Waals surface area contributed by atoms with Crippen LogP contribution in [0.2, 0.25) is 0 Å². The molecular weight excluding hydrogens is 290 g/mol. The summed E-state index contributed by atoms with van der Waals surface area (Å²) in [6, 6.07) is 4.54. The first kappa shape index (κ1) is 13.7. The second kappa shape index (κ2) is 5.93. The largest absolute Gasteiger partial charge is 0.399 e. The van der Waals surface area contributed by atoms with Gasteiger partial charge in [-0.3, -0.25) is 4.90 Å². The van der Waals surface area contributed by atoms with Crippen LogP contribution >= 0.6 is 15.9 Å². The number of nitrogen functional groups attached to an aromatic ring is 2. The van der Waals surface area contributed by atoms with Crippen molar-refractivity contribution in [2.75, 3.05) is 18.5 Å². The fraction of sp³-hybridized carbons (Fsp3) is 0.571. The Labute approximate surface area is 118 Å². The summed E-state index contributed by atoms with van der Waals surface area (Å²) in [4.78, 5) is 2.41. The molecule has 4 N–H and O–H groups in total. The summed E-state index contributed by atoms with van der Waals surface area (Å²) in [5.74, 6) is 0. The van der Waals surface area contributed by atoms with Crippen molar-refractivity contribution in [2.45, 2.75) is 44.7 Å². The Balaban J connectivity index is 2.08. The molecule has 0 aromatic heterocycles. The SMILES string of the molecule is CN(Cc1cc(N)cc(Br)c1N)C1CCCCC1. The molecule has 4 heteroatoms. The predicted octanol–water partition coefficient (Wildman–Crippen LogP) is 3.38. The van der Waals surface area contributed by atoms with Crippen molar-refractivity contribution in [1.82, 2.24) is 4.90 Å². The molecule has 3 nitrogen and oxygen atoms in total. The normalized spacial score (nSPS) is 17.3. The summed E-state index contributed by atoms with van der Waals surface area (Å²) >= 11 is 3.46. The van der Waals surface area contributed by atoms with E-state index in [0.717, 1.165) is 28.0 Å². The van der Waals surface area contributed by atoms with Gasteiger partial charge in [-0.25, -0.2) is 0 Å². The number of halogens is 1. The number of hydrogen-bond donors (Lipinski definition) is 2. The minimum absolute atomic E-state index is 0.693. The van der Waals surface area contributed by atoms with Crippen LogP contribution in [0.4, 0.5) is 11.4 Å². The molecule has 100 valence electrons. The van der Waals surface area contributed by atoms with Gasteiger partial charge in [-0.05, 0) is 53.5 Å². The van der Waals surface area contributed by atoms with E-state index in [2.05, 4.69) is 27.9 Å². The highest BCUT2D eigenvalue weighted by atomic mass is 79.9. The first-order chi connectivity index (χ1) is 8.58. The van der Waals surface area contributed by atoms with Crippen LogP contribution in [0.25, 0.3) is 0 Å². The van der Waals surface area contributed by atoms with Crippen LogP contribution in [0, 0.1) is 0 Å². The molecule has 1 saturated carbocycles. The average molecular weight is 312 g/mol. The van der Waals surface area contributed by atoms with Crippen LogP contribution in [-0.2, 0) is 6.54 Å².